The van der Waals surface area contributed by atoms with Crippen molar-refractivity contribution in [3.63, 3.8) is 0 Å². The van der Waals surface area contributed by atoms with Crippen molar-refractivity contribution in [2.75, 3.05) is 31.2 Å². The van der Waals surface area contributed by atoms with Crippen molar-refractivity contribution in [3.8, 4) is 5.75 Å². The number of aromatic carboxylic acids is 1. The molecule has 7 nitrogen and oxygen atoms in total. The first kappa shape index (κ1) is 20.0. The molecule has 9 heteroatoms. The Balaban J connectivity index is 1.75. The predicted molar refractivity (Wildman–Crippen MR) is 105 cm³/mol. The zero-order valence-corrected chi connectivity index (χ0v) is 16.1. The molecule has 0 aliphatic carbocycles. The van der Waals surface area contributed by atoms with E-state index in [1.807, 2.05) is 4.90 Å². The van der Waals surface area contributed by atoms with Crippen LogP contribution in [0.1, 0.15) is 28.9 Å². The highest BCUT2D eigenvalue weighted by molar-refractivity contribution is 5.94. The molecular formula is C21H19F2N3O4. The summed E-state index contributed by atoms with van der Waals surface area (Å²) < 4.78 is 37.9. The normalized spacial score (nSPS) is 15.2. The minimum absolute atomic E-state index is 0.0339. The van der Waals surface area contributed by atoms with Crippen molar-refractivity contribution in [2.24, 2.45) is 0 Å². The van der Waals surface area contributed by atoms with Gasteiger partial charge in [-0.1, -0.05) is 0 Å². The average molecular weight is 415 g/mol. The van der Waals surface area contributed by atoms with E-state index in [0.29, 0.717) is 48.7 Å². The van der Waals surface area contributed by atoms with E-state index in [4.69, 9.17) is 14.5 Å². The van der Waals surface area contributed by atoms with Crippen LogP contribution in [0.25, 0.3) is 11.0 Å². The summed E-state index contributed by atoms with van der Waals surface area (Å²) >= 11 is 0. The van der Waals surface area contributed by atoms with Crippen LogP contribution in [0.2, 0.25) is 0 Å². The second-order valence-electron chi connectivity index (χ2n) is 6.90. The van der Waals surface area contributed by atoms with E-state index in [9.17, 15) is 18.7 Å². The number of anilines is 1. The van der Waals surface area contributed by atoms with Gasteiger partial charge < -0.3 is 19.5 Å². The zero-order chi connectivity index (χ0) is 21.3. The highest BCUT2D eigenvalue weighted by Gasteiger charge is 2.20. The molecule has 1 fully saturated rings. The Kier molecular flexibility index (Phi) is 5.45. The molecule has 1 N–H and O–H groups in total. The molecule has 0 amide bonds. The molecule has 0 saturated carbocycles. The van der Waals surface area contributed by atoms with Crippen molar-refractivity contribution >= 4 is 22.8 Å². The maximum atomic E-state index is 13.5. The molecule has 1 unspecified atom stereocenters. The van der Waals surface area contributed by atoms with Crippen molar-refractivity contribution in [2.45, 2.75) is 13.0 Å². The van der Waals surface area contributed by atoms with Gasteiger partial charge in [0.15, 0.2) is 11.6 Å². The van der Waals surface area contributed by atoms with Gasteiger partial charge in [-0.2, -0.15) is 0 Å². The topological polar surface area (TPSA) is 84.8 Å². The maximum absolute atomic E-state index is 13.5. The molecule has 2 aromatic carbocycles. The number of carbonyl (C=O) groups is 1. The third-order valence-electron chi connectivity index (χ3n) is 4.89. The molecule has 1 aliphatic rings. The van der Waals surface area contributed by atoms with Crippen LogP contribution in [-0.4, -0.2) is 47.3 Å². The zero-order valence-electron chi connectivity index (χ0n) is 16.1. The fourth-order valence-electron chi connectivity index (χ4n) is 3.33. The molecule has 0 spiro atoms. The maximum Gasteiger partial charge on any atom is 0.335 e. The van der Waals surface area contributed by atoms with E-state index in [-0.39, 0.29) is 11.3 Å². The minimum atomic E-state index is -1.11. The number of nitrogens with zero attached hydrogens (tertiary/aromatic N) is 3. The van der Waals surface area contributed by atoms with Crippen LogP contribution in [-0.2, 0) is 4.74 Å². The van der Waals surface area contributed by atoms with Crippen molar-refractivity contribution in [1.82, 2.24) is 9.97 Å². The first-order chi connectivity index (χ1) is 14.4. The molecule has 30 heavy (non-hydrogen) atoms. The highest BCUT2D eigenvalue weighted by Crippen LogP contribution is 2.30. The highest BCUT2D eigenvalue weighted by atomic mass is 19.2. The third kappa shape index (κ3) is 4.02. The Labute approximate surface area is 170 Å². The Morgan fingerprint density at radius 3 is 2.67 bits per heavy atom. The van der Waals surface area contributed by atoms with Crippen LogP contribution >= 0.6 is 0 Å². The van der Waals surface area contributed by atoms with Gasteiger partial charge in [0.2, 0.25) is 0 Å². The largest absolute Gasteiger partial charge is 0.486 e. The monoisotopic (exact) mass is 415 g/mol. The van der Waals surface area contributed by atoms with Crippen LogP contribution in [0, 0.1) is 11.6 Å². The first-order valence-corrected chi connectivity index (χ1v) is 9.41. The van der Waals surface area contributed by atoms with E-state index in [1.165, 1.54) is 18.2 Å². The summed E-state index contributed by atoms with van der Waals surface area (Å²) in [7, 11) is 0. The predicted octanol–water partition coefficient (Wildman–Crippen LogP) is 3.58. The van der Waals surface area contributed by atoms with Gasteiger partial charge in [0.25, 0.3) is 0 Å². The van der Waals surface area contributed by atoms with Crippen LogP contribution in [0.3, 0.4) is 0 Å². The number of hydrogen-bond donors (Lipinski definition) is 1. The summed E-state index contributed by atoms with van der Waals surface area (Å²) in [6.45, 7) is 4.19. The molecule has 156 valence electrons. The fourth-order valence-corrected chi connectivity index (χ4v) is 3.33. The van der Waals surface area contributed by atoms with Crippen molar-refractivity contribution < 1.29 is 28.2 Å². The number of halogens is 2. The molecule has 1 aromatic heterocycles. The van der Waals surface area contributed by atoms with Crippen LogP contribution in [0.15, 0.2) is 36.5 Å². The number of rotatable bonds is 5. The second-order valence-corrected chi connectivity index (χ2v) is 6.90. The summed E-state index contributed by atoms with van der Waals surface area (Å²) in [6, 6.07) is 6.14. The lowest BCUT2D eigenvalue weighted by Gasteiger charge is -2.28. The summed E-state index contributed by atoms with van der Waals surface area (Å²) in [5.41, 5.74) is 1.41. The fraction of sp³-hybridized carbons (Fsp3) is 0.286. The van der Waals surface area contributed by atoms with Gasteiger partial charge in [0.05, 0.1) is 36.0 Å². The SMILES string of the molecule is CC(Oc1ccc(F)c(F)c1)c1cc(C(=O)O)cc2ncc(N3CCOCC3)nc12. The lowest BCUT2D eigenvalue weighted by Crippen LogP contribution is -2.36. The van der Waals surface area contributed by atoms with Gasteiger partial charge in [0.1, 0.15) is 17.7 Å². The summed E-state index contributed by atoms with van der Waals surface area (Å²) in [6.07, 6.45) is 0.912. The minimum Gasteiger partial charge on any atom is -0.486 e. The Bertz CT molecular complexity index is 1100. The Hall–Kier alpha value is -3.33. The van der Waals surface area contributed by atoms with E-state index in [2.05, 4.69) is 4.98 Å². The van der Waals surface area contributed by atoms with Gasteiger partial charge >= 0.3 is 5.97 Å². The van der Waals surface area contributed by atoms with Crippen LogP contribution in [0.4, 0.5) is 14.6 Å². The molecular weight excluding hydrogens is 396 g/mol. The number of fused-ring (bicyclic) bond motifs is 1. The first-order valence-electron chi connectivity index (χ1n) is 9.41. The van der Waals surface area contributed by atoms with Gasteiger partial charge in [-0.05, 0) is 31.2 Å². The number of aromatic nitrogens is 2. The lowest BCUT2D eigenvalue weighted by atomic mass is 10.0. The standard InChI is InChI=1S/C21H19F2N3O4/c1-12(30-14-2-3-16(22)17(23)10-14)15-8-13(21(27)28)9-18-20(15)25-19(11-24-18)26-4-6-29-7-5-26/h2-3,8-12H,4-7H2,1H3,(H,27,28). The Morgan fingerprint density at radius 2 is 1.97 bits per heavy atom. The Morgan fingerprint density at radius 1 is 1.20 bits per heavy atom. The summed E-state index contributed by atoms with van der Waals surface area (Å²) in [4.78, 5) is 22.7. The van der Waals surface area contributed by atoms with Crippen molar-refractivity contribution in [3.05, 3.63) is 59.3 Å². The van der Waals surface area contributed by atoms with Crippen molar-refractivity contribution in [1.29, 1.82) is 0 Å². The van der Waals surface area contributed by atoms with Gasteiger partial charge in [-0.3, -0.25) is 4.98 Å². The molecule has 1 aliphatic heterocycles. The number of hydrogen-bond acceptors (Lipinski definition) is 6. The number of benzene rings is 2. The number of ether oxygens (including phenoxy) is 2. The molecule has 2 heterocycles. The summed E-state index contributed by atoms with van der Waals surface area (Å²) in [5, 5.41) is 9.46. The molecule has 0 radical (unpaired) electrons. The molecule has 3 aromatic rings. The van der Waals surface area contributed by atoms with Crippen LogP contribution in [0.5, 0.6) is 5.75 Å². The lowest BCUT2D eigenvalue weighted by molar-refractivity contribution is 0.0696. The smallest absolute Gasteiger partial charge is 0.335 e. The number of carboxylic acid groups (broad SMARTS) is 1. The quantitative estimate of drug-likeness (QED) is 0.682. The van der Waals surface area contributed by atoms with Gasteiger partial charge in [-0.25, -0.2) is 18.6 Å². The van der Waals surface area contributed by atoms with E-state index in [1.54, 1.807) is 13.1 Å². The number of morpholine rings is 1. The van der Waals surface area contributed by atoms with Crippen LogP contribution < -0.4 is 9.64 Å². The molecule has 1 atom stereocenters. The van der Waals surface area contributed by atoms with E-state index < -0.39 is 23.7 Å². The van der Waals surface area contributed by atoms with Gasteiger partial charge in [0, 0.05) is 24.7 Å². The molecule has 0 bridgehead atoms. The average Bonchev–Trinajstić information content (AvgIpc) is 2.75. The van der Waals surface area contributed by atoms with E-state index >= 15 is 0 Å². The van der Waals surface area contributed by atoms with E-state index in [0.717, 1.165) is 12.1 Å². The number of carboxylic acids is 1. The summed E-state index contributed by atoms with van der Waals surface area (Å²) in [5.74, 6) is -2.35. The molecule has 4 rings (SSSR count). The molecule has 1 saturated heterocycles. The third-order valence-corrected chi connectivity index (χ3v) is 4.89. The second kappa shape index (κ2) is 8.19. The van der Waals surface area contributed by atoms with Gasteiger partial charge in [-0.15, -0.1) is 0 Å².